The van der Waals surface area contributed by atoms with Gasteiger partial charge in [0.15, 0.2) is 6.61 Å². The monoisotopic (exact) mass is 405 g/mol. The number of rotatable bonds is 6. The molecule has 0 atom stereocenters. The molecule has 0 aliphatic rings. The minimum absolute atomic E-state index is 0.170. The second-order valence-electron chi connectivity index (χ2n) is 5.05. The number of hydrogen-bond donors (Lipinski definition) is 1. The lowest BCUT2D eigenvalue weighted by Crippen LogP contribution is -2.28. The van der Waals surface area contributed by atoms with E-state index in [2.05, 4.69) is 26.0 Å². The minimum Gasteiger partial charge on any atom is -0.465 e. The predicted octanol–water partition coefficient (Wildman–Crippen LogP) is 2.71. The molecule has 0 aliphatic carbocycles. The van der Waals surface area contributed by atoms with Crippen LogP contribution in [0, 0.1) is 0 Å². The Morgan fingerprint density at radius 1 is 1.00 bits per heavy atom. The Morgan fingerprint density at radius 3 is 2.28 bits per heavy atom. The van der Waals surface area contributed by atoms with E-state index in [1.165, 1.54) is 31.4 Å². The van der Waals surface area contributed by atoms with E-state index in [1.54, 1.807) is 0 Å². The summed E-state index contributed by atoms with van der Waals surface area (Å²) in [4.78, 5) is 35.2. The molecule has 130 valence electrons. The zero-order valence-corrected chi connectivity index (χ0v) is 15.0. The number of hydrogen-bond acceptors (Lipinski definition) is 5. The third-order valence-electron chi connectivity index (χ3n) is 3.26. The molecule has 1 N–H and O–H groups in total. The van der Waals surface area contributed by atoms with Gasteiger partial charge in [-0.3, -0.25) is 4.79 Å². The van der Waals surface area contributed by atoms with Crippen LogP contribution in [-0.4, -0.2) is 31.6 Å². The minimum atomic E-state index is -0.690. The van der Waals surface area contributed by atoms with Crippen LogP contribution in [0.1, 0.15) is 26.3 Å². The van der Waals surface area contributed by atoms with Crippen LogP contribution in [0.3, 0.4) is 0 Å². The second kappa shape index (κ2) is 8.98. The van der Waals surface area contributed by atoms with Crippen LogP contribution in [0.25, 0.3) is 0 Å². The Hall–Kier alpha value is -2.67. The number of methoxy groups -OCH3 is 1. The summed E-state index contributed by atoms with van der Waals surface area (Å²) in [5.41, 5.74) is 1.33. The molecule has 6 nitrogen and oxygen atoms in total. The quantitative estimate of drug-likeness (QED) is 0.747. The van der Waals surface area contributed by atoms with Gasteiger partial charge in [-0.15, -0.1) is 0 Å². The number of esters is 2. The third kappa shape index (κ3) is 5.72. The van der Waals surface area contributed by atoms with Crippen LogP contribution in [-0.2, 0) is 20.8 Å². The van der Waals surface area contributed by atoms with Crippen LogP contribution in [0.15, 0.2) is 53.0 Å². The Balaban J connectivity index is 1.83. The Bertz CT molecular complexity index is 773. The van der Waals surface area contributed by atoms with Crippen molar-refractivity contribution >= 4 is 33.8 Å². The lowest BCUT2D eigenvalue weighted by atomic mass is 10.1. The molecule has 0 fully saturated rings. The van der Waals surface area contributed by atoms with Gasteiger partial charge in [-0.25, -0.2) is 9.59 Å². The molecule has 0 saturated heterocycles. The summed E-state index contributed by atoms with van der Waals surface area (Å²) in [5, 5.41) is 2.66. The van der Waals surface area contributed by atoms with Gasteiger partial charge in [-0.2, -0.15) is 0 Å². The van der Waals surface area contributed by atoms with Gasteiger partial charge in [0.1, 0.15) is 0 Å². The van der Waals surface area contributed by atoms with Crippen LogP contribution in [0.2, 0.25) is 0 Å². The van der Waals surface area contributed by atoms with Gasteiger partial charge in [0.05, 0.1) is 18.2 Å². The maximum Gasteiger partial charge on any atom is 0.338 e. The number of carbonyl (C=O) groups excluding carboxylic acids is 3. The molecule has 0 aliphatic heterocycles. The first-order valence-electron chi connectivity index (χ1n) is 7.36. The largest absolute Gasteiger partial charge is 0.465 e. The van der Waals surface area contributed by atoms with Crippen molar-refractivity contribution in [2.75, 3.05) is 13.7 Å². The maximum atomic E-state index is 12.0. The number of carbonyl (C=O) groups is 3. The molecule has 2 rings (SSSR count). The SMILES string of the molecule is COC(=O)c1cccc(C(=O)OCC(=O)NCc2ccc(Br)cc2)c1. The number of benzene rings is 2. The van der Waals surface area contributed by atoms with Gasteiger partial charge in [0.25, 0.3) is 5.91 Å². The average molecular weight is 406 g/mol. The highest BCUT2D eigenvalue weighted by Crippen LogP contribution is 2.10. The van der Waals surface area contributed by atoms with Crippen molar-refractivity contribution in [3.05, 3.63) is 69.7 Å². The van der Waals surface area contributed by atoms with Crippen molar-refractivity contribution in [3.63, 3.8) is 0 Å². The van der Waals surface area contributed by atoms with Crippen LogP contribution < -0.4 is 5.32 Å². The van der Waals surface area contributed by atoms with Crippen LogP contribution in [0.5, 0.6) is 0 Å². The van der Waals surface area contributed by atoms with Crippen molar-refractivity contribution < 1.29 is 23.9 Å². The fourth-order valence-corrected chi connectivity index (χ4v) is 2.22. The van der Waals surface area contributed by atoms with E-state index in [-0.39, 0.29) is 11.1 Å². The molecule has 1 amide bonds. The Morgan fingerprint density at radius 2 is 1.64 bits per heavy atom. The van der Waals surface area contributed by atoms with Gasteiger partial charge in [0, 0.05) is 11.0 Å². The van der Waals surface area contributed by atoms with E-state index in [0.29, 0.717) is 6.54 Å². The van der Waals surface area contributed by atoms with Crippen molar-refractivity contribution in [1.29, 1.82) is 0 Å². The molecule has 2 aromatic carbocycles. The molecule has 0 bridgehead atoms. The molecule has 0 unspecified atom stereocenters. The highest BCUT2D eigenvalue weighted by Gasteiger charge is 2.13. The molecule has 25 heavy (non-hydrogen) atoms. The normalized spacial score (nSPS) is 10.0. The Kier molecular flexibility index (Phi) is 6.71. The van der Waals surface area contributed by atoms with Crippen molar-refractivity contribution in [1.82, 2.24) is 5.32 Å². The molecule has 0 radical (unpaired) electrons. The van der Waals surface area contributed by atoms with E-state index >= 15 is 0 Å². The maximum absolute atomic E-state index is 12.0. The lowest BCUT2D eigenvalue weighted by molar-refractivity contribution is -0.124. The predicted molar refractivity (Wildman–Crippen MR) is 94.1 cm³/mol. The molecular formula is C18H16BrNO5. The zero-order chi connectivity index (χ0) is 18.2. The summed E-state index contributed by atoms with van der Waals surface area (Å²) in [7, 11) is 1.25. The molecular weight excluding hydrogens is 390 g/mol. The van der Waals surface area contributed by atoms with E-state index in [0.717, 1.165) is 10.0 Å². The highest BCUT2D eigenvalue weighted by molar-refractivity contribution is 9.10. The number of ether oxygens (including phenoxy) is 2. The van der Waals surface area contributed by atoms with E-state index in [9.17, 15) is 14.4 Å². The van der Waals surface area contributed by atoms with E-state index in [1.807, 2.05) is 24.3 Å². The third-order valence-corrected chi connectivity index (χ3v) is 3.79. The van der Waals surface area contributed by atoms with E-state index in [4.69, 9.17) is 4.74 Å². The van der Waals surface area contributed by atoms with Gasteiger partial charge < -0.3 is 14.8 Å². The fraction of sp³-hybridized carbons (Fsp3) is 0.167. The van der Waals surface area contributed by atoms with Crippen molar-refractivity contribution in [3.8, 4) is 0 Å². The van der Waals surface area contributed by atoms with Crippen molar-refractivity contribution in [2.24, 2.45) is 0 Å². The molecule has 0 spiro atoms. The van der Waals surface area contributed by atoms with Gasteiger partial charge in [0.2, 0.25) is 0 Å². The second-order valence-corrected chi connectivity index (χ2v) is 5.97. The standard InChI is InChI=1S/C18H16BrNO5/c1-24-17(22)13-3-2-4-14(9-13)18(23)25-11-16(21)20-10-12-5-7-15(19)8-6-12/h2-9H,10-11H2,1H3,(H,20,21). The molecule has 2 aromatic rings. The van der Waals surface area contributed by atoms with Gasteiger partial charge in [-0.05, 0) is 35.9 Å². The first-order valence-corrected chi connectivity index (χ1v) is 8.15. The summed E-state index contributed by atoms with van der Waals surface area (Å²) >= 11 is 3.33. The summed E-state index contributed by atoms with van der Waals surface area (Å²) in [6, 6.07) is 13.4. The summed E-state index contributed by atoms with van der Waals surface area (Å²) in [6.45, 7) is -0.0701. The Labute approximate surface area is 153 Å². The zero-order valence-electron chi connectivity index (χ0n) is 13.5. The molecule has 0 heterocycles. The number of nitrogens with one attached hydrogen (secondary N) is 1. The lowest BCUT2D eigenvalue weighted by Gasteiger charge is -2.07. The van der Waals surface area contributed by atoms with Crippen LogP contribution in [0.4, 0.5) is 0 Å². The smallest absolute Gasteiger partial charge is 0.338 e. The van der Waals surface area contributed by atoms with Gasteiger partial charge in [-0.1, -0.05) is 34.1 Å². The van der Waals surface area contributed by atoms with Gasteiger partial charge >= 0.3 is 11.9 Å². The summed E-state index contributed by atoms with van der Waals surface area (Å²) < 4.78 is 10.5. The highest BCUT2D eigenvalue weighted by atomic mass is 79.9. The fourth-order valence-electron chi connectivity index (χ4n) is 1.96. The first-order chi connectivity index (χ1) is 12.0. The molecule has 0 aromatic heterocycles. The van der Waals surface area contributed by atoms with Crippen LogP contribution >= 0.6 is 15.9 Å². The number of amides is 1. The number of halogens is 1. The van der Waals surface area contributed by atoms with Crippen molar-refractivity contribution in [2.45, 2.75) is 6.54 Å². The van der Waals surface area contributed by atoms with E-state index < -0.39 is 24.5 Å². The summed E-state index contributed by atoms with van der Waals surface area (Å²) in [6.07, 6.45) is 0. The average Bonchev–Trinajstić information content (AvgIpc) is 2.65. The summed E-state index contributed by atoms with van der Waals surface area (Å²) in [5.74, 6) is -1.66. The molecule has 7 heteroatoms. The topological polar surface area (TPSA) is 81.7 Å². The first kappa shape index (κ1) is 18.7. The molecule has 0 saturated carbocycles.